The second kappa shape index (κ2) is 33.6. The van der Waals surface area contributed by atoms with Gasteiger partial charge in [-0.15, -0.1) is 19.3 Å². The van der Waals surface area contributed by atoms with Crippen molar-refractivity contribution in [2.75, 3.05) is 18.4 Å². The Morgan fingerprint density at radius 3 is 0.522 bits per heavy atom. The summed E-state index contributed by atoms with van der Waals surface area (Å²) in [5.41, 5.74) is 8.92. The number of fused-ring (bicyclic) bond motifs is 4. The van der Waals surface area contributed by atoms with Gasteiger partial charge in [0.05, 0.1) is 62.9 Å². The first kappa shape index (κ1) is 84.8. The van der Waals surface area contributed by atoms with Crippen LogP contribution in [-0.4, -0.2) is 75.7 Å². The van der Waals surface area contributed by atoms with Crippen LogP contribution >= 0.6 is 15.9 Å². The lowest BCUT2D eigenvalue weighted by Gasteiger charge is -2.32. The summed E-state index contributed by atoms with van der Waals surface area (Å²) in [4.78, 5) is 117. The molecule has 21 heteroatoms. The lowest BCUT2D eigenvalue weighted by atomic mass is 9.80. The van der Waals surface area contributed by atoms with Gasteiger partial charge in [-0.1, -0.05) is 175 Å². The van der Waals surface area contributed by atoms with Gasteiger partial charge in [-0.25, -0.2) is 19.2 Å². The van der Waals surface area contributed by atoms with Crippen molar-refractivity contribution in [3.05, 3.63) is 332 Å². The minimum absolute atomic E-state index is 0. The van der Waals surface area contributed by atoms with Crippen molar-refractivity contribution < 1.29 is 88.6 Å². The normalized spacial score (nSPS) is 12.9. The Labute approximate surface area is 777 Å². The van der Waals surface area contributed by atoms with E-state index in [2.05, 4.69) is 33.7 Å². The largest absolute Gasteiger partial charge is 1.00 e. The van der Waals surface area contributed by atoms with Crippen molar-refractivity contribution in [3.8, 4) is 129 Å². The molecule has 4 amide bonds. The van der Waals surface area contributed by atoms with E-state index < -0.39 is 47.5 Å². The monoisotopic (exact) mass is 1830 g/mol. The van der Waals surface area contributed by atoms with Gasteiger partial charge in [-0.2, -0.15) is 0 Å². The van der Waals surface area contributed by atoms with Crippen LogP contribution in [0.1, 0.15) is 130 Å². The van der Waals surface area contributed by atoms with E-state index >= 15 is 0 Å². The van der Waals surface area contributed by atoms with E-state index in [1.807, 2.05) is 201 Å². The van der Waals surface area contributed by atoms with Crippen LogP contribution in [0.4, 0.5) is 0 Å². The molecule has 0 bridgehead atoms. The summed E-state index contributed by atoms with van der Waals surface area (Å²) in [5, 5.41) is 6.76. The molecule has 0 saturated heterocycles. The second-order valence-electron chi connectivity index (χ2n) is 33.2. The highest BCUT2D eigenvalue weighted by atomic mass is 79.9. The van der Waals surface area contributed by atoms with Crippen molar-refractivity contribution in [2.24, 2.45) is 0 Å². The summed E-state index contributed by atoms with van der Waals surface area (Å²) >= 11 is 3.01. The highest BCUT2D eigenvalue weighted by molar-refractivity contribution is 9.09. The van der Waals surface area contributed by atoms with Crippen molar-refractivity contribution in [2.45, 2.75) is 55.4 Å². The van der Waals surface area contributed by atoms with Crippen LogP contribution in [0.5, 0.6) is 92.0 Å². The molecule has 0 N–H and O–H groups in total. The summed E-state index contributed by atoms with van der Waals surface area (Å²) in [6, 6.07) is 72.1. The number of alkyl halides is 1. The van der Waals surface area contributed by atoms with Crippen molar-refractivity contribution in [3.63, 3.8) is 0 Å². The Morgan fingerprint density at radius 1 is 0.239 bits per heavy atom. The molecule has 0 unspecified atom stereocenters. The maximum absolute atomic E-state index is 14.8. The van der Waals surface area contributed by atoms with Crippen LogP contribution in [0.25, 0.3) is 86.2 Å². The first-order valence-electron chi connectivity index (χ1n) is 42.6. The number of terminal acetylenes is 3. The summed E-state index contributed by atoms with van der Waals surface area (Å²) in [6.07, 6.45) is 16.3. The van der Waals surface area contributed by atoms with Gasteiger partial charge in [0, 0.05) is 87.6 Å². The average Bonchev–Trinajstić information content (AvgIpc) is 0.684. The van der Waals surface area contributed by atoms with E-state index in [0.29, 0.717) is 138 Å². The van der Waals surface area contributed by atoms with E-state index in [1.165, 1.54) is 0 Å². The number of carbonyl (C=O) groups excluding carboxylic acids is 8. The molecular formula is C113H76BrN2O18-. The zero-order valence-corrected chi connectivity index (χ0v) is 74.7. The van der Waals surface area contributed by atoms with Gasteiger partial charge < -0.3 is 48.8 Å². The number of cyclic esters (lactones) is 4. The van der Waals surface area contributed by atoms with Crippen LogP contribution in [-0.2, 0) is 9.47 Å². The third kappa shape index (κ3) is 14.7. The van der Waals surface area contributed by atoms with Crippen LogP contribution in [0.2, 0.25) is 0 Å². The molecule has 4 aliphatic rings. The first-order valence-corrected chi connectivity index (χ1v) is 43.7. The second-order valence-corrected chi connectivity index (χ2v) is 33.8. The molecule has 22 rings (SSSR count). The Hall–Kier alpha value is -17.3. The van der Waals surface area contributed by atoms with Gasteiger partial charge in [-0.05, 0) is 201 Å². The third-order valence-corrected chi connectivity index (χ3v) is 24.4. The maximum Gasteiger partial charge on any atom is 0.346 e. The molecule has 0 saturated carbocycles. The predicted octanol–water partition coefficient (Wildman–Crippen LogP) is 26.7. The molecular weight excluding hydrogens is 1750 g/mol. The number of nitrogens with zero attached hydrogens (tertiary/aromatic N) is 2. The van der Waals surface area contributed by atoms with Gasteiger partial charge in [0.1, 0.15) is 92.0 Å². The maximum atomic E-state index is 14.8. The smallest absolute Gasteiger partial charge is 0.346 e. The summed E-state index contributed by atoms with van der Waals surface area (Å²) in [5.74, 6) is 6.60. The highest BCUT2D eigenvalue weighted by Crippen LogP contribution is 2.61. The highest BCUT2D eigenvalue weighted by Gasteiger charge is 2.44. The van der Waals surface area contributed by atoms with Crippen molar-refractivity contribution >= 4 is 150 Å². The zero-order valence-electron chi connectivity index (χ0n) is 74.1. The topological polar surface area (TPSA) is 235 Å². The van der Waals surface area contributed by atoms with Crippen molar-refractivity contribution in [1.82, 2.24) is 9.80 Å². The number of amides is 4. The molecule has 0 radical (unpaired) electrons. The Bertz CT molecular complexity index is 7370. The van der Waals surface area contributed by atoms with E-state index in [0.717, 1.165) is 54.3 Å². The van der Waals surface area contributed by atoms with Gasteiger partial charge >= 0.3 is 23.9 Å². The number of esters is 4. The number of imide groups is 2. The van der Waals surface area contributed by atoms with Crippen LogP contribution < -0.4 is 37.9 Å². The fraction of sp³-hybridized carbons (Fsp3) is 0.0973. The molecule has 4 aliphatic heterocycles. The predicted molar refractivity (Wildman–Crippen MR) is 519 cm³/mol. The number of hydrogen-bond donors (Lipinski definition) is 0. The number of halogens is 1. The number of carbonyl (C=O) groups is 8. The molecule has 654 valence electrons. The number of rotatable bonds is 18. The quantitative estimate of drug-likeness (QED) is 0.0148. The summed E-state index contributed by atoms with van der Waals surface area (Å²) in [7, 11) is 0. The van der Waals surface area contributed by atoms with E-state index in [4.69, 9.17) is 66.6 Å². The zero-order chi connectivity index (χ0) is 93.1. The van der Waals surface area contributed by atoms with Gasteiger partial charge in [0.15, 0.2) is 0 Å². The van der Waals surface area contributed by atoms with Crippen LogP contribution in [0, 0.1) is 92.4 Å². The molecule has 0 aliphatic carbocycles. The van der Waals surface area contributed by atoms with Gasteiger partial charge in [-0.3, -0.25) is 29.0 Å². The lowest BCUT2D eigenvalue weighted by Crippen LogP contribution is -2.40. The van der Waals surface area contributed by atoms with Crippen molar-refractivity contribution in [1.29, 1.82) is 0 Å². The molecule has 4 heterocycles. The number of ether oxygens (including phenoxy) is 10. The van der Waals surface area contributed by atoms with E-state index in [1.54, 1.807) is 97.1 Å². The number of hydrogen-bond acceptors (Lipinski definition) is 18. The fourth-order valence-corrected chi connectivity index (χ4v) is 17.8. The standard InChI is InChI=1S/C58H38N2O8.C52H32O10.C3H3Br.H2.H/c1-7-25-59-55(61)39-27-43(65-35-17-9-31(3)10-18-35)49-51-45(67-37-21-13-33(5)14-22-37)29-41-48-42(58(64)60(26-8-2)57(41)63)30-46(68-38-23-15-34(6)16-24-38)52(54(48)51)50-44(66-36-19-11-32(4)12-20-36)28-40(56(59)62)47(39)53(49)50;1-25-5-13-29(14-6-25)57-37-21-33-41-34(50(54)61-49(33)53)23-39(59-31-17-9-27(3)10-18-31)45-46-40(60-32-19-11-28(4)12-20-32)24-36-42-35(51(55)62-52(36)56)22-38(44(48(42)46)43(37)47(41)45)58-30-15-7-26(2)8-16-30;1-2-3-4;;/h1-2,9-24,27-30H,25-26H2,3-6H3;5-24H,1-4H3;1H,3H2;1H;/q;;;;-1/i;;;2*1+2. The molecule has 18 aromatic carbocycles. The fourth-order valence-electron chi connectivity index (χ4n) is 17.8. The molecule has 0 aromatic heterocycles. The van der Waals surface area contributed by atoms with E-state index in [9.17, 15) is 38.4 Å². The Kier molecular flexibility index (Phi) is 21.3. The van der Waals surface area contributed by atoms with Gasteiger partial charge in [0.25, 0.3) is 23.6 Å². The minimum Gasteiger partial charge on any atom is -1.00 e. The first-order chi connectivity index (χ1) is 64.8. The molecule has 0 fully saturated rings. The Morgan fingerprint density at radius 2 is 0.381 bits per heavy atom. The Balaban J connectivity index is 0.000000173. The SMILES string of the molecule is C#CCBr.C#CCN1C(=O)c2cc(Oc3ccc(C)cc3)c3c4c(Oc5ccc(C)cc5)cc5c6c(cc(Oc7ccc(C)cc7)c(c7c(Oc8ccc(C)cc8)cc(c2c37)C1=O)c64)C(=O)N(CC#C)C5=O.Cc1ccc(Oc2cc3c4c(cc(Oc5ccc(C)cc5)c5c6c(Oc7ccc(C)cc7)cc7c8c(cc(Oc9ccc(C)cc9)c(c2c45)c86)C(=O)OC7=O)C(=O)OC3=O)cc1.[3H-].[3HH]. The minimum atomic E-state index is -0.863. The average molecular weight is 1830 g/mol. The summed E-state index contributed by atoms with van der Waals surface area (Å²) < 4.78 is 65.5. The number of aryl methyl sites for hydroxylation is 8. The molecule has 20 nitrogen and oxygen atoms in total. The molecule has 0 spiro atoms. The summed E-state index contributed by atoms with van der Waals surface area (Å²) in [6.45, 7) is 15.1. The molecule has 134 heavy (non-hydrogen) atoms. The van der Waals surface area contributed by atoms with Crippen LogP contribution in [0.3, 0.4) is 0 Å². The third-order valence-electron chi connectivity index (χ3n) is 24.0. The van der Waals surface area contributed by atoms with E-state index in [-0.39, 0.29) is 106 Å². The molecule has 0 atom stereocenters. The lowest BCUT2D eigenvalue weighted by molar-refractivity contribution is 0.0373. The molecule has 18 aromatic rings. The van der Waals surface area contributed by atoms with Gasteiger partial charge in [0.2, 0.25) is 0 Å². The van der Waals surface area contributed by atoms with Crippen LogP contribution in [0.15, 0.2) is 243 Å². The number of benzene rings is 18.